The van der Waals surface area contributed by atoms with Crippen LogP contribution < -0.4 is 15.0 Å². The summed E-state index contributed by atoms with van der Waals surface area (Å²) in [6, 6.07) is 8.39. The Morgan fingerprint density at radius 2 is 1.81 bits per heavy atom. The number of amides is 2. The van der Waals surface area contributed by atoms with E-state index in [1.54, 1.807) is 0 Å². The van der Waals surface area contributed by atoms with Crippen LogP contribution in [0.3, 0.4) is 0 Å². The Morgan fingerprint density at radius 1 is 1.19 bits per heavy atom. The maximum atomic E-state index is 15.2. The molecular weight excluding hydrogens is 599 g/mol. The third kappa shape index (κ3) is 7.11. The van der Waals surface area contributed by atoms with Gasteiger partial charge in [-0.2, -0.15) is 13.2 Å². The summed E-state index contributed by atoms with van der Waals surface area (Å²) in [6.45, 7) is 1.87. The van der Waals surface area contributed by atoms with Gasteiger partial charge in [-0.25, -0.2) is 18.8 Å². The van der Waals surface area contributed by atoms with E-state index in [0.717, 1.165) is 30.6 Å². The van der Waals surface area contributed by atoms with Crippen LogP contribution >= 0.6 is 11.6 Å². The molecule has 2 amide bonds. The predicted molar refractivity (Wildman–Crippen MR) is 150 cm³/mol. The van der Waals surface area contributed by atoms with E-state index in [4.69, 9.17) is 16.3 Å². The lowest BCUT2D eigenvalue weighted by Crippen LogP contribution is -2.33. The molecule has 2 aromatic carbocycles. The van der Waals surface area contributed by atoms with Gasteiger partial charge in [0.15, 0.2) is 0 Å². The molecule has 1 fully saturated rings. The minimum Gasteiger partial charge on any atom is -0.497 e. The second kappa shape index (κ2) is 12.3. The van der Waals surface area contributed by atoms with Crippen molar-refractivity contribution in [1.29, 1.82) is 0 Å². The van der Waals surface area contributed by atoms with E-state index in [1.807, 2.05) is 0 Å². The number of aromatic nitrogens is 1. The van der Waals surface area contributed by atoms with Gasteiger partial charge < -0.3 is 15.2 Å². The van der Waals surface area contributed by atoms with E-state index in [1.165, 1.54) is 45.2 Å². The number of hydrogen-bond acceptors (Lipinski definition) is 6. The van der Waals surface area contributed by atoms with Gasteiger partial charge in [0.05, 0.1) is 24.3 Å². The van der Waals surface area contributed by atoms with Crippen LogP contribution in [0.2, 0.25) is 5.02 Å². The number of halogens is 6. The van der Waals surface area contributed by atoms with Crippen LogP contribution in [0.4, 0.5) is 33.5 Å². The van der Waals surface area contributed by atoms with Crippen LogP contribution in [0, 0.1) is 17.6 Å². The number of carbonyl (C=O) groups is 2. The fourth-order valence-electron chi connectivity index (χ4n) is 4.62. The van der Waals surface area contributed by atoms with Gasteiger partial charge in [-0.1, -0.05) is 11.6 Å². The maximum absolute atomic E-state index is 15.2. The largest absolute Gasteiger partial charge is 0.497 e. The molecule has 2 atom stereocenters. The van der Waals surface area contributed by atoms with Crippen molar-refractivity contribution in [1.82, 2.24) is 4.98 Å². The van der Waals surface area contributed by atoms with Crippen LogP contribution in [0.1, 0.15) is 41.3 Å². The number of hydrogen-bond donors (Lipinski definition) is 2. The molecule has 1 aliphatic heterocycles. The highest BCUT2D eigenvalue weighted by Gasteiger charge is 2.48. The number of nitrogens with one attached hydrogen (secondary N) is 1. The number of carbonyl (C=O) groups excluding carboxylic acids is 2. The molecule has 43 heavy (non-hydrogen) atoms. The van der Waals surface area contributed by atoms with Gasteiger partial charge in [0, 0.05) is 59.7 Å². The topological polar surface area (TPSA) is 104 Å². The van der Waals surface area contributed by atoms with Gasteiger partial charge in [-0.05, 0) is 44.2 Å². The Labute approximate surface area is 248 Å². The van der Waals surface area contributed by atoms with Gasteiger partial charge in [-0.3, -0.25) is 14.5 Å². The Hall–Kier alpha value is -4.10. The average Bonchev–Trinajstić information content (AvgIpc) is 3.24. The summed E-state index contributed by atoms with van der Waals surface area (Å²) in [4.78, 5) is 34.7. The Morgan fingerprint density at radius 3 is 2.37 bits per heavy atom. The van der Waals surface area contributed by atoms with E-state index in [2.05, 4.69) is 15.3 Å². The van der Waals surface area contributed by atoms with Crippen LogP contribution in [-0.2, 0) is 11.0 Å². The van der Waals surface area contributed by atoms with Gasteiger partial charge in [-0.15, -0.1) is 0 Å². The minimum absolute atomic E-state index is 0.0907. The molecule has 4 rings (SSSR count). The van der Waals surface area contributed by atoms with Crippen molar-refractivity contribution >= 4 is 41.1 Å². The first-order valence-corrected chi connectivity index (χ1v) is 13.2. The SMILES string of the molecule is COc1cc(F)c([C@@H]2CN(c3nccc(NCC(C)(C)O)c3C(F)(F)F)C(=O)C2C=NC(=O)c2ccc(Cl)cc2)c(F)c1. The van der Waals surface area contributed by atoms with Crippen LogP contribution in [0.5, 0.6) is 5.75 Å². The summed E-state index contributed by atoms with van der Waals surface area (Å²) >= 11 is 5.84. The standard InChI is InChI=1S/C29H26ClF5N4O4/c1-28(2,42)14-38-22-8-9-36-25(24(22)29(33,34)35)39-13-19(23-20(31)10-17(43-3)11-21(23)32)18(27(39)41)12-37-26(40)15-4-6-16(30)7-5-15/h4-12,18-19,42H,13-14H2,1-3H3,(H,36,38)/t18?,19-/m1/s1. The second-order valence-electron chi connectivity index (χ2n) is 10.4. The molecule has 1 saturated heterocycles. The number of rotatable bonds is 8. The monoisotopic (exact) mass is 624 g/mol. The molecule has 1 aromatic heterocycles. The zero-order valence-electron chi connectivity index (χ0n) is 23.0. The molecular formula is C29H26ClF5N4O4. The maximum Gasteiger partial charge on any atom is 0.421 e. The fourth-order valence-corrected chi connectivity index (χ4v) is 4.75. The Kier molecular flexibility index (Phi) is 9.07. The average molecular weight is 625 g/mol. The number of pyridine rings is 1. The van der Waals surface area contributed by atoms with Crippen molar-refractivity contribution in [3.63, 3.8) is 0 Å². The van der Waals surface area contributed by atoms with Crippen molar-refractivity contribution in [2.45, 2.75) is 31.5 Å². The quantitative estimate of drug-likeness (QED) is 0.240. The molecule has 0 spiro atoms. The molecule has 14 heteroatoms. The van der Waals surface area contributed by atoms with Crippen molar-refractivity contribution in [2.24, 2.45) is 10.9 Å². The molecule has 228 valence electrons. The summed E-state index contributed by atoms with van der Waals surface area (Å²) in [5.74, 6) is -7.99. The first-order chi connectivity index (χ1) is 20.1. The Bertz CT molecular complexity index is 1530. The van der Waals surface area contributed by atoms with E-state index in [-0.39, 0.29) is 17.9 Å². The number of benzene rings is 2. The minimum atomic E-state index is -5.03. The van der Waals surface area contributed by atoms with E-state index >= 15 is 8.78 Å². The summed E-state index contributed by atoms with van der Waals surface area (Å²) in [5.41, 5.74) is -3.69. The molecule has 2 heterocycles. The van der Waals surface area contributed by atoms with Crippen molar-refractivity contribution < 1.29 is 41.4 Å². The first-order valence-electron chi connectivity index (χ1n) is 12.8. The lowest BCUT2D eigenvalue weighted by atomic mass is 9.88. The summed E-state index contributed by atoms with van der Waals surface area (Å²) in [5, 5.41) is 12.9. The molecule has 1 unspecified atom stereocenters. The summed E-state index contributed by atoms with van der Waals surface area (Å²) in [6.07, 6.45) is -3.13. The lowest BCUT2D eigenvalue weighted by Gasteiger charge is -2.25. The highest BCUT2D eigenvalue weighted by Crippen LogP contribution is 2.45. The van der Waals surface area contributed by atoms with Gasteiger partial charge in [0.2, 0.25) is 5.91 Å². The van der Waals surface area contributed by atoms with Gasteiger partial charge in [0.25, 0.3) is 5.91 Å². The molecule has 0 aliphatic carbocycles. The van der Waals surface area contributed by atoms with E-state index in [0.29, 0.717) is 9.92 Å². The number of alkyl halides is 3. The normalized spacial score (nSPS) is 17.5. The van der Waals surface area contributed by atoms with Crippen molar-refractivity contribution in [3.8, 4) is 5.75 Å². The lowest BCUT2D eigenvalue weighted by molar-refractivity contribution is -0.136. The summed E-state index contributed by atoms with van der Waals surface area (Å²) in [7, 11) is 1.19. The Balaban J connectivity index is 1.81. The molecule has 0 saturated carbocycles. The highest BCUT2D eigenvalue weighted by molar-refractivity contribution is 6.30. The fraction of sp³-hybridized carbons (Fsp3) is 0.310. The van der Waals surface area contributed by atoms with E-state index < -0.39 is 76.2 Å². The molecule has 3 aromatic rings. The zero-order valence-corrected chi connectivity index (χ0v) is 23.8. The third-order valence-corrected chi connectivity index (χ3v) is 6.90. The number of aliphatic hydroxyl groups is 1. The molecule has 2 N–H and O–H groups in total. The molecule has 0 radical (unpaired) electrons. The smallest absolute Gasteiger partial charge is 0.421 e. The number of aliphatic imine (C=N–C) groups is 1. The number of ether oxygens (including phenoxy) is 1. The number of anilines is 2. The summed E-state index contributed by atoms with van der Waals surface area (Å²) < 4.78 is 78.6. The van der Waals surface area contributed by atoms with Gasteiger partial charge >= 0.3 is 6.18 Å². The predicted octanol–water partition coefficient (Wildman–Crippen LogP) is 5.88. The number of nitrogens with zero attached hydrogens (tertiary/aromatic N) is 3. The van der Waals surface area contributed by atoms with Crippen LogP contribution in [0.25, 0.3) is 0 Å². The van der Waals surface area contributed by atoms with Crippen molar-refractivity contribution in [2.75, 3.05) is 30.4 Å². The van der Waals surface area contributed by atoms with Crippen LogP contribution in [-0.4, -0.2) is 53.9 Å². The van der Waals surface area contributed by atoms with Gasteiger partial charge in [0.1, 0.15) is 28.8 Å². The first kappa shape index (κ1) is 31.8. The third-order valence-electron chi connectivity index (χ3n) is 6.65. The molecule has 0 bridgehead atoms. The zero-order chi connectivity index (χ0) is 31.7. The molecule has 1 aliphatic rings. The number of methoxy groups -OCH3 is 1. The van der Waals surface area contributed by atoms with Crippen LogP contribution in [0.15, 0.2) is 53.7 Å². The highest BCUT2D eigenvalue weighted by atomic mass is 35.5. The van der Waals surface area contributed by atoms with E-state index in [9.17, 15) is 27.9 Å². The molecule has 8 nitrogen and oxygen atoms in total. The van der Waals surface area contributed by atoms with Crippen molar-refractivity contribution in [3.05, 3.63) is 82.0 Å². The second-order valence-corrected chi connectivity index (χ2v) is 10.8.